The van der Waals surface area contributed by atoms with Crippen molar-refractivity contribution in [3.8, 4) is 0 Å². The number of rotatable bonds is 2. The lowest BCUT2D eigenvalue weighted by molar-refractivity contribution is -0.115. The number of aromatic nitrogens is 1. The molecule has 3 amide bonds. The van der Waals surface area contributed by atoms with E-state index in [2.05, 4.69) is 20.9 Å². The first-order valence-corrected chi connectivity index (χ1v) is 6.12. The molecular formula is C14H12N4O2. The Labute approximate surface area is 114 Å². The maximum atomic E-state index is 11.9. The minimum absolute atomic E-state index is 0.205. The molecule has 0 aliphatic carbocycles. The van der Waals surface area contributed by atoms with E-state index in [-0.39, 0.29) is 5.91 Å². The topological polar surface area (TPSA) is 83.1 Å². The zero-order valence-electron chi connectivity index (χ0n) is 10.5. The molecule has 20 heavy (non-hydrogen) atoms. The van der Waals surface area contributed by atoms with Crippen LogP contribution in [-0.2, 0) is 4.79 Å². The smallest absolute Gasteiger partial charge is 0.324 e. The van der Waals surface area contributed by atoms with E-state index >= 15 is 0 Å². The SMILES string of the molecule is O=C1C=C(NC(=O)Nc2nccc3ccccc23)CN1. The summed E-state index contributed by atoms with van der Waals surface area (Å²) in [6.45, 7) is 0.329. The molecule has 0 atom stereocenters. The quantitative estimate of drug-likeness (QED) is 0.769. The molecule has 1 aromatic carbocycles. The molecule has 0 radical (unpaired) electrons. The predicted octanol–water partition coefficient (Wildman–Crippen LogP) is 1.37. The highest BCUT2D eigenvalue weighted by molar-refractivity contribution is 6.00. The fourth-order valence-corrected chi connectivity index (χ4v) is 2.03. The van der Waals surface area contributed by atoms with Gasteiger partial charge in [0.05, 0.1) is 6.54 Å². The number of amides is 3. The number of carbonyl (C=O) groups excluding carboxylic acids is 2. The van der Waals surface area contributed by atoms with Crippen molar-refractivity contribution in [2.75, 3.05) is 11.9 Å². The van der Waals surface area contributed by atoms with Gasteiger partial charge in [0.2, 0.25) is 5.91 Å². The van der Waals surface area contributed by atoms with E-state index < -0.39 is 6.03 Å². The monoisotopic (exact) mass is 268 g/mol. The molecule has 0 bridgehead atoms. The molecule has 1 aromatic heterocycles. The van der Waals surface area contributed by atoms with Gasteiger partial charge in [0.15, 0.2) is 0 Å². The third kappa shape index (κ3) is 2.44. The zero-order chi connectivity index (χ0) is 13.9. The van der Waals surface area contributed by atoms with Crippen molar-refractivity contribution in [2.45, 2.75) is 0 Å². The van der Waals surface area contributed by atoms with Crippen LogP contribution in [0.3, 0.4) is 0 Å². The van der Waals surface area contributed by atoms with Gasteiger partial charge in [-0.25, -0.2) is 9.78 Å². The summed E-state index contributed by atoms with van der Waals surface area (Å²) in [5, 5.41) is 9.73. The van der Waals surface area contributed by atoms with Gasteiger partial charge >= 0.3 is 6.03 Å². The average Bonchev–Trinajstić information content (AvgIpc) is 2.84. The van der Waals surface area contributed by atoms with Crippen LogP contribution in [0.5, 0.6) is 0 Å². The molecule has 0 saturated heterocycles. The maximum Gasteiger partial charge on any atom is 0.324 e. The van der Waals surface area contributed by atoms with Crippen LogP contribution >= 0.6 is 0 Å². The Kier molecular flexibility index (Phi) is 3.04. The van der Waals surface area contributed by atoms with E-state index in [1.807, 2.05) is 30.3 Å². The molecule has 2 heterocycles. The summed E-state index contributed by atoms with van der Waals surface area (Å²) in [7, 11) is 0. The third-order valence-electron chi connectivity index (χ3n) is 2.94. The summed E-state index contributed by atoms with van der Waals surface area (Å²) in [6, 6.07) is 9.10. The van der Waals surface area contributed by atoms with Gasteiger partial charge in [0, 0.05) is 23.4 Å². The van der Waals surface area contributed by atoms with Crippen molar-refractivity contribution in [2.24, 2.45) is 0 Å². The third-order valence-corrected chi connectivity index (χ3v) is 2.94. The van der Waals surface area contributed by atoms with Gasteiger partial charge in [0.1, 0.15) is 5.82 Å². The number of nitrogens with one attached hydrogen (secondary N) is 3. The first kappa shape index (κ1) is 12.2. The number of hydrogen-bond acceptors (Lipinski definition) is 3. The van der Waals surface area contributed by atoms with Crippen molar-refractivity contribution in [1.29, 1.82) is 0 Å². The van der Waals surface area contributed by atoms with Gasteiger partial charge in [-0.1, -0.05) is 24.3 Å². The maximum absolute atomic E-state index is 11.9. The van der Waals surface area contributed by atoms with Crippen LogP contribution in [0.25, 0.3) is 10.8 Å². The first-order chi connectivity index (χ1) is 9.72. The van der Waals surface area contributed by atoms with E-state index in [4.69, 9.17) is 0 Å². The average molecular weight is 268 g/mol. The van der Waals surface area contributed by atoms with Crippen molar-refractivity contribution in [1.82, 2.24) is 15.6 Å². The number of carbonyl (C=O) groups is 2. The molecule has 6 heteroatoms. The minimum atomic E-state index is -0.420. The minimum Gasteiger partial charge on any atom is -0.347 e. The van der Waals surface area contributed by atoms with E-state index in [0.717, 1.165) is 10.8 Å². The molecule has 3 rings (SSSR count). The molecule has 100 valence electrons. The molecule has 3 N–H and O–H groups in total. The number of anilines is 1. The molecule has 1 aliphatic rings. The van der Waals surface area contributed by atoms with E-state index in [1.54, 1.807) is 6.20 Å². The van der Waals surface area contributed by atoms with Crippen molar-refractivity contribution < 1.29 is 9.59 Å². The van der Waals surface area contributed by atoms with Crippen LogP contribution in [0.4, 0.5) is 10.6 Å². The van der Waals surface area contributed by atoms with Crippen molar-refractivity contribution in [3.05, 3.63) is 48.3 Å². The summed E-state index contributed by atoms with van der Waals surface area (Å²) in [5.41, 5.74) is 0.535. The normalized spacial score (nSPS) is 13.8. The Hall–Kier alpha value is -2.89. The lowest BCUT2D eigenvalue weighted by Gasteiger charge is -2.09. The second-order valence-electron chi connectivity index (χ2n) is 4.35. The molecule has 0 spiro atoms. The molecule has 1 aliphatic heterocycles. The fourth-order valence-electron chi connectivity index (χ4n) is 2.03. The number of pyridine rings is 1. The van der Waals surface area contributed by atoms with Crippen LogP contribution in [-0.4, -0.2) is 23.5 Å². The van der Waals surface area contributed by atoms with Gasteiger partial charge in [-0.15, -0.1) is 0 Å². The Morgan fingerprint density at radius 2 is 2.05 bits per heavy atom. The standard InChI is InChI=1S/C14H12N4O2/c19-12-7-10(8-16-12)17-14(20)18-13-11-4-2-1-3-9(11)5-6-15-13/h1-7H,8H2,(H,16,19)(H2,15,17,18,20). The molecule has 6 nitrogen and oxygen atoms in total. The number of benzene rings is 1. The van der Waals surface area contributed by atoms with Gasteiger partial charge < -0.3 is 10.6 Å². The van der Waals surface area contributed by atoms with Crippen LogP contribution in [0.1, 0.15) is 0 Å². The van der Waals surface area contributed by atoms with Gasteiger partial charge in [-0.2, -0.15) is 0 Å². The van der Waals surface area contributed by atoms with Crippen LogP contribution < -0.4 is 16.0 Å². The molecule has 2 aromatic rings. The van der Waals surface area contributed by atoms with Crippen LogP contribution in [0.15, 0.2) is 48.3 Å². The summed E-state index contributed by atoms with van der Waals surface area (Å²) >= 11 is 0. The lowest BCUT2D eigenvalue weighted by atomic mass is 10.1. The Balaban J connectivity index is 1.78. The first-order valence-electron chi connectivity index (χ1n) is 6.12. The highest BCUT2D eigenvalue weighted by Gasteiger charge is 2.13. The van der Waals surface area contributed by atoms with Gasteiger partial charge in [-0.3, -0.25) is 10.1 Å². The highest BCUT2D eigenvalue weighted by atomic mass is 16.2. The van der Waals surface area contributed by atoms with E-state index in [0.29, 0.717) is 18.1 Å². The molecule has 0 fully saturated rings. The van der Waals surface area contributed by atoms with Crippen molar-refractivity contribution in [3.63, 3.8) is 0 Å². The summed E-state index contributed by atoms with van der Waals surface area (Å²) < 4.78 is 0. The zero-order valence-corrected chi connectivity index (χ0v) is 10.5. The second-order valence-corrected chi connectivity index (χ2v) is 4.35. The summed E-state index contributed by atoms with van der Waals surface area (Å²) in [6.07, 6.45) is 2.99. The second kappa shape index (κ2) is 5.00. The number of urea groups is 1. The highest BCUT2D eigenvalue weighted by Crippen LogP contribution is 2.20. The Bertz CT molecular complexity index is 719. The Morgan fingerprint density at radius 1 is 1.20 bits per heavy atom. The van der Waals surface area contributed by atoms with Gasteiger partial charge in [0.25, 0.3) is 0 Å². The Morgan fingerprint density at radius 3 is 2.85 bits per heavy atom. The van der Waals surface area contributed by atoms with Gasteiger partial charge in [-0.05, 0) is 11.5 Å². The van der Waals surface area contributed by atoms with Crippen LogP contribution in [0.2, 0.25) is 0 Å². The van der Waals surface area contributed by atoms with E-state index in [9.17, 15) is 9.59 Å². The molecule has 0 saturated carbocycles. The lowest BCUT2D eigenvalue weighted by Crippen LogP contribution is -2.30. The van der Waals surface area contributed by atoms with Crippen LogP contribution in [0, 0.1) is 0 Å². The van der Waals surface area contributed by atoms with E-state index in [1.165, 1.54) is 6.08 Å². The summed E-state index contributed by atoms with van der Waals surface area (Å²) in [4.78, 5) is 27.0. The molecular weight excluding hydrogens is 256 g/mol. The fraction of sp³-hybridized carbons (Fsp3) is 0.0714. The summed E-state index contributed by atoms with van der Waals surface area (Å²) in [5.74, 6) is 0.280. The number of hydrogen-bond donors (Lipinski definition) is 3. The van der Waals surface area contributed by atoms with Crippen molar-refractivity contribution >= 4 is 28.5 Å². The number of fused-ring (bicyclic) bond motifs is 1. The number of nitrogens with zero attached hydrogens (tertiary/aromatic N) is 1. The predicted molar refractivity (Wildman–Crippen MR) is 75.0 cm³/mol. The molecule has 0 unspecified atom stereocenters. The largest absolute Gasteiger partial charge is 0.347 e.